The minimum absolute atomic E-state index is 0.0369. The van der Waals surface area contributed by atoms with Crippen molar-refractivity contribution in [3.63, 3.8) is 0 Å². The maximum absolute atomic E-state index is 10.6. The molecule has 2 aliphatic heterocycles. The van der Waals surface area contributed by atoms with Gasteiger partial charge in [0.15, 0.2) is 0 Å². The summed E-state index contributed by atoms with van der Waals surface area (Å²) in [6, 6.07) is 0. The second-order valence-electron chi connectivity index (χ2n) is 4.29. The first kappa shape index (κ1) is 10.9. The van der Waals surface area contributed by atoms with Crippen molar-refractivity contribution in [1.82, 2.24) is 5.32 Å². The van der Waals surface area contributed by atoms with Gasteiger partial charge < -0.3 is 19.9 Å². The highest BCUT2D eigenvalue weighted by Gasteiger charge is 2.39. The number of nitrogens with one attached hydrogen (secondary N) is 1. The molecule has 86 valence electrons. The van der Waals surface area contributed by atoms with Gasteiger partial charge in [-0.25, -0.2) is 0 Å². The highest BCUT2D eigenvalue weighted by atomic mass is 16.6. The summed E-state index contributed by atoms with van der Waals surface area (Å²) in [4.78, 5) is 10.6. The van der Waals surface area contributed by atoms with Gasteiger partial charge >= 0.3 is 5.97 Å². The molecular formula is C10H17NO4. The minimum Gasteiger partial charge on any atom is -0.481 e. The van der Waals surface area contributed by atoms with E-state index in [1.807, 2.05) is 0 Å². The quantitative estimate of drug-likeness (QED) is 0.678. The van der Waals surface area contributed by atoms with Crippen LogP contribution in [0.3, 0.4) is 0 Å². The Morgan fingerprint density at radius 1 is 1.47 bits per heavy atom. The number of carbonyl (C=O) groups is 1. The van der Waals surface area contributed by atoms with E-state index in [2.05, 4.69) is 5.32 Å². The van der Waals surface area contributed by atoms with E-state index in [0.29, 0.717) is 13.2 Å². The summed E-state index contributed by atoms with van der Waals surface area (Å²) in [5, 5.41) is 12.0. The molecule has 1 atom stereocenters. The molecule has 2 rings (SSSR count). The molecule has 2 aliphatic rings. The van der Waals surface area contributed by atoms with Gasteiger partial charge in [-0.3, -0.25) is 4.79 Å². The van der Waals surface area contributed by atoms with Gasteiger partial charge in [0.1, 0.15) is 0 Å². The fourth-order valence-corrected chi connectivity index (χ4v) is 2.24. The molecule has 1 unspecified atom stereocenters. The number of carboxylic acid groups (broad SMARTS) is 1. The largest absolute Gasteiger partial charge is 0.481 e. The van der Waals surface area contributed by atoms with E-state index in [1.54, 1.807) is 0 Å². The van der Waals surface area contributed by atoms with E-state index in [1.165, 1.54) is 0 Å². The predicted molar refractivity (Wildman–Crippen MR) is 52.8 cm³/mol. The van der Waals surface area contributed by atoms with Crippen LogP contribution < -0.4 is 5.32 Å². The molecule has 15 heavy (non-hydrogen) atoms. The van der Waals surface area contributed by atoms with Crippen LogP contribution >= 0.6 is 0 Å². The van der Waals surface area contributed by atoms with Gasteiger partial charge in [-0.2, -0.15) is 0 Å². The van der Waals surface area contributed by atoms with Crippen LogP contribution in [0.4, 0.5) is 0 Å². The van der Waals surface area contributed by atoms with E-state index in [9.17, 15) is 4.79 Å². The van der Waals surface area contributed by atoms with E-state index in [0.717, 1.165) is 25.9 Å². The summed E-state index contributed by atoms with van der Waals surface area (Å²) in [7, 11) is 0. The van der Waals surface area contributed by atoms with Crippen LogP contribution in [-0.2, 0) is 14.3 Å². The van der Waals surface area contributed by atoms with Gasteiger partial charge in [0.05, 0.1) is 31.3 Å². The Kier molecular flexibility index (Phi) is 3.23. The lowest BCUT2D eigenvalue weighted by Crippen LogP contribution is -2.53. The zero-order valence-electron chi connectivity index (χ0n) is 8.70. The van der Waals surface area contributed by atoms with Crippen LogP contribution in [0, 0.1) is 0 Å². The van der Waals surface area contributed by atoms with Gasteiger partial charge in [0, 0.05) is 0 Å². The molecule has 5 nitrogen and oxygen atoms in total. The summed E-state index contributed by atoms with van der Waals surface area (Å²) in [6.45, 7) is 2.85. The van der Waals surface area contributed by atoms with Crippen molar-refractivity contribution in [2.24, 2.45) is 0 Å². The predicted octanol–water partition coefficient (Wildman–Crippen LogP) is -0.00130. The minimum atomic E-state index is -0.824. The van der Waals surface area contributed by atoms with E-state index >= 15 is 0 Å². The second kappa shape index (κ2) is 4.47. The smallest absolute Gasteiger partial charge is 0.306 e. The third kappa shape index (κ3) is 2.68. The fourth-order valence-electron chi connectivity index (χ4n) is 2.24. The van der Waals surface area contributed by atoms with Crippen LogP contribution in [0.5, 0.6) is 0 Å². The van der Waals surface area contributed by atoms with Gasteiger partial charge in [-0.15, -0.1) is 0 Å². The Morgan fingerprint density at radius 3 is 2.87 bits per heavy atom. The summed E-state index contributed by atoms with van der Waals surface area (Å²) in [5.41, 5.74) is -0.233. The molecule has 2 saturated heterocycles. The third-order valence-corrected chi connectivity index (χ3v) is 3.00. The van der Waals surface area contributed by atoms with Crippen molar-refractivity contribution >= 4 is 5.97 Å². The van der Waals surface area contributed by atoms with E-state index < -0.39 is 5.97 Å². The van der Waals surface area contributed by atoms with E-state index in [-0.39, 0.29) is 18.1 Å². The average molecular weight is 215 g/mol. The Labute approximate surface area is 88.7 Å². The molecule has 2 N–H and O–H groups in total. The van der Waals surface area contributed by atoms with Crippen molar-refractivity contribution in [3.05, 3.63) is 0 Å². The van der Waals surface area contributed by atoms with Crippen molar-refractivity contribution in [2.45, 2.75) is 31.0 Å². The second-order valence-corrected chi connectivity index (χ2v) is 4.29. The lowest BCUT2D eigenvalue weighted by atomic mass is 9.91. The van der Waals surface area contributed by atoms with Gasteiger partial charge in [0.25, 0.3) is 0 Å². The standard InChI is InChI=1S/C10H17NO4/c12-9(13)5-8-6-14-7-10(15-8)1-3-11-4-2-10/h8,11H,1-7H2,(H,12,13). The van der Waals surface area contributed by atoms with Crippen LogP contribution in [0.15, 0.2) is 0 Å². The summed E-state index contributed by atoms with van der Waals surface area (Å²) >= 11 is 0. The van der Waals surface area contributed by atoms with Crippen molar-refractivity contribution in [1.29, 1.82) is 0 Å². The first-order chi connectivity index (χ1) is 7.20. The van der Waals surface area contributed by atoms with Crippen molar-refractivity contribution < 1.29 is 19.4 Å². The molecule has 2 fully saturated rings. The summed E-state index contributed by atoms with van der Waals surface area (Å²) in [5.74, 6) is -0.824. The highest BCUT2D eigenvalue weighted by Crippen LogP contribution is 2.29. The average Bonchev–Trinajstić information content (AvgIpc) is 2.17. The highest BCUT2D eigenvalue weighted by molar-refractivity contribution is 5.67. The zero-order valence-corrected chi connectivity index (χ0v) is 8.70. The topological polar surface area (TPSA) is 67.8 Å². The number of hydrogen-bond acceptors (Lipinski definition) is 4. The molecule has 1 spiro atoms. The zero-order chi connectivity index (χ0) is 10.7. The number of ether oxygens (including phenoxy) is 2. The first-order valence-electron chi connectivity index (χ1n) is 5.38. The number of hydrogen-bond donors (Lipinski definition) is 2. The maximum atomic E-state index is 10.6. The monoisotopic (exact) mass is 215 g/mol. The molecule has 5 heteroatoms. The number of piperidine rings is 1. The summed E-state index contributed by atoms with van der Waals surface area (Å²) in [6.07, 6.45) is 1.57. The first-order valence-corrected chi connectivity index (χ1v) is 5.38. The van der Waals surface area contributed by atoms with Crippen LogP contribution in [0.2, 0.25) is 0 Å². The third-order valence-electron chi connectivity index (χ3n) is 3.00. The lowest BCUT2D eigenvalue weighted by Gasteiger charge is -2.43. The number of rotatable bonds is 2. The maximum Gasteiger partial charge on any atom is 0.306 e. The molecule has 0 aromatic rings. The molecule has 0 radical (unpaired) electrons. The Hall–Kier alpha value is -0.650. The normalized spacial score (nSPS) is 30.3. The number of carboxylic acids is 1. The molecule has 0 bridgehead atoms. The Balaban J connectivity index is 1.93. The van der Waals surface area contributed by atoms with Gasteiger partial charge in [-0.05, 0) is 25.9 Å². The Bertz CT molecular complexity index is 232. The van der Waals surface area contributed by atoms with Gasteiger partial charge in [-0.1, -0.05) is 0 Å². The molecule has 2 heterocycles. The van der Waals surface area contributed by atoms with Crippen LogP contribution in [0.25, 0.3) is 0 Å². The van der Waals surface area contributed by atoms with E-state index in [4.69, 9.17) is 14.6 Å². The molecule has 0 amide bonds. The van der Waals surface area contributed by atoms with Crippen molar-refractivity contribution in [2.75, 3.05) is 26.3 Å². The van der Waals surface area contributed by atoms with Gasteiger partial charge in [0.2, 0.25) is 0 Å². The molecule has 0 aromatic carbocycles. The fraction of sp³-hybridized carbons (Fsp3) is 0.900. The molecule has 0 aliphatic carbocycles. The van der Waals surface area contributed by atoms with Crippen LogP contribution in [-0.4, -0.2) is 49.1 Å². The SMILES string of the molecule is O=C(O)CC1COCC2(CCNCC2)O1. The summed E-state index contributed by atoms with van der Waals surface area (Å²) < 4.78 is 11.3. The Morgan fingerprint density at radius 2 is 2.20 bits per heavy atom. The molecule has 0 saturated carbocycles. The lowest BCUT2D eigenvalue weighted by molar-refractivity contribution is -0.211. The van der Waals surface area contributed by atoms with Crippen molar-refractivity contribution in [3.8, 4) is 0 Å². The molecule has 0 aromatic heterocycles. The number of aliphatic carboxylic acids is 1. The molecular weight excluding hydrogens is 198 g/mol. The van der Waals surface area contributed by atoms with Crippen LogP contribution in [0.1, 0.15) is 19.3 Å².